The van der Waals surface area contributed by atoms with Gasteiger partial charge in [-0.25, -0.2) is 8.42 Å². The average Bonchev–Trinajstić information content (AvgIpc) is 2.62. The van der Waals surface area contributed by atoms with Gasteiger partial charge in [0.05, 0.1) is 4.90 Å². The number of sulfonamides is 1. The fraction of sp³-hybridized carbons (Fsp3) is 0.500. The van der Waals surface area contributed by atoms with E-state index in [4.69, 9.17) is 0 Å². The summed E-state index contributed by atoms with van der Waals surface area (Å²) in [6.07, 6.45) is -0.865. The minimum absolute atomic E-state index is 0.0128. The Balaban J connectivity index is 1.82. The molecule has 1 aromatic rings. The molecule has 1 aliphatic rings. The molecular formula is C16H19F3N2O5S. The molecule has 1 aromatic carbocycles. The Kier molecular flexibility index (Phi) is 6.82. The van der Waals surface area contributed by atoms with Gasteiger partial charge in [0, 0.05) is 0 Å². The number of hydrogen-bond donors (Lipinski definition) is 2. The summed E-state index contributed by atoms with van der Waals surface area (Å²) in [5, 5.41) is 1.53. The van der Waals surface area contributed by atoms with Gasteiger partial charge in [-0.1, -0.05) is 6.07 Å². The van der Waals surface area contributed by atoms with Crippen molar-refractivity contribution < 1.29 is 35.9 Å². The van der Waals surface area contributed by atoms with Crippen LogP contribution in [0, 0.1) is 0 Å². The van der Waals surface area contributed by atoms with Gasteiger partial charge in [-0.3, -0.25) is 9.59 Å². The van der Waals surface area contributed by atoms with Crippen molar-refractivity contribution in [2.45, 2.75) is 36.8 Å². The number of halogens is 3. The lowest BCUT2D eigenvalue weighted by Crippen LogP contribution is -2.37. The molecule has 0 heterocycles. The maximum absolute atomic E-state index is 12.3. The molecule has 2 N–H and O–H groups in total. The first-order chi connectivity index (χ1) is 12.6. The number of carbonyl (C=O) groups is 2. The molecule has 0 bridgehead atoms. The van der Waals surface area contributed by atoms with Gasteiger partial charge in [-0.05, 0) is 48.9 Å². The molecular weight excluding hydrogens is 389 g/mol. The van der Waals surface area contributed by atoms with Crippen LogP contribution >= 0.6 is 0 Å². The smallest absolute Gasteiger partial charge is 0.405 e. The van der Waals surface area contributed by atoms with E-state index in [-0.39, 0.29) is 4.90 Å². The van der Waals surface area contributed by atoms with E-state index >= 15 is 0 Å². The number of hydrogen-bond acceptors (Lipinski definition) is 5. The molecule has 0 radical (unpaired) electrons. The maximum Gasteiger partial charge on any atom is 0.405 e. The largest absolute Gasteiger partial charge is 0.455 e. The Morgan fingerprint density at radius 3 is 2.44 bits per heavy atom. The fourth-order valence-electron chi connectivity index (χ4n) is 2.56. The van der Waals surface area contributed by atoms with Crippen molar-refractivity contribution in [3.05, 3.63) is 29.3 Å². The normalized spacial score (nSPS) is 14.3. The quantitative estimate of drug-likeness (QED) is 0.657. The van der Waals surface area contributed by atoms with Crippen molar-refractivity contribution in [3.8, 4) is 0 Å². The number of rotatable bonds is 7. The highest BCUT2D eigenvalue weighted by Crippen LogP contribution is 2.23. The Labute approximate surface area is 154 Å². The summed E-state index contributed by atoms with van der Waals surface area (Å²) in [5.74, 6) is -2.23. The number of carbonyl (C=O) groups excluding carboxylic acids is 2. The van der Waals surface area contributed by atoms with E-state index in [0.717, 1.165) is 36.8 Å². The highest BCUT2D eigenvalue weighted by Gasteiger charge is 2.28. The van der Waals surface area contributed by atoms with Gasteiger partial charge in [0.2, 0.25) is 10.0 Å². The van der Waals surface area contributed by atoms with E-state index < -0.39 is 47.8 Å². The zero-order valence-corrected chi connectivity index (χ0v) is 15.1. The van der Waals surface area contributed by atoms with E-state index in [1.54, 1.807) is 12.1 Å². The monoisotopic (exact) mass is 408 g/mol. The van der Waals surface area contributed by atoms with Gasteiger partial charge in [-0.2, -0.15) is 17.9 Å². The van der Waals surface area contributed by atoms with Crippen LogP contribution in [0.15, 0.2) is 23.1 Å². The zero-order valence-electron chi connectivity index (χ0n) is 14.3. The fourth-order valence-corrected chi connectivity index (χ4v) is 3.58. The molecule has 2 rings (SSSR count). The van der Waals surface area contributed by atoms with Crippen LogP contribution in [0.5, 0.6) is 0 Å². The summed E-state index contributed by atoms with van der Waals surface area (Å²) >= 11 is 0. The number of ether oxygens (including phenoxy) is 1. The lowest BCUT2D eigenvalue weighted by atomic mass is 9.92. The Morgan fingerprint density at radius 2 is 1.78 bits per heavy atom. The topological polar surface area (TPSA) is 102 Å². The number of nitrogens with one attached hydrogen (secondary N) is 2. The average molecular weight is 408 g/mol. The van der Waals surface area contributed by atoms with Crippen molar-refractivity contribution >= 4 is 21.9 Å². The van der Waals surface area contributed by atoms with Crippen LogP contribution in [0.25, 0.3) is 0 Å². The second-order valence-corrected chi connectivity index (χ2v) is 7.78. The second-order valence-electron chi connectivity index (χ2n) is 6.01. The van der Waals surface area contributed by atoms with Crippen LogP contribution < -0.4 is 10.0 Å². The number of esters is 1. The van der Waals surface area contributed by atoms with Crippen molar-refractivity contribution in [2.24, 2.45) is 0 Å². The van der Waals surface area contributed by atoms with Gasteiger partial charge in [0.25, 0.3) is 5.91 Å². The molecule has 1 amide bonds. The van der Waals surface area contributed by atoms with Crippen molar-refractivity contribution in [1.82, 2.24) is 10.0 Å². The van der Waals surface area contributed by atoms with E-state index in [9.17, 15) is 31.2 Å². The molecule has 150 valence electrons. The lowest BCUT2D eigenvalue weighted by Gasteiger charge is -2.16. The van der Waals surface area contributed by atoms with Gasteiger partial charge >= 0.3 is 12.1 Å². The van der Waals surface area contributed by atoms with Gasteiger partial charge in [-0.15, -0.1) is 0 Å². The number of fused-ring (bicyclic) bond motifs is 1. The lowest BCUT2D eigenvalue weighted by molar-refractivity contribution is -0.150. The molecule has 7 nitrogen and oxygen atoms in total. The molecule has 0 spiro atoms. The Hall–Kier alpha value is -2.14. The first-order valence-electron chi connectivity index (χ1n) is 8.17. The van der Waals surface area contributed by atoms with Crippen LogP contribution in [0.3, 0.4) is 0 Å². The van der Waals surface area contributed by atoms with Crippen LogP contribution in [-0.2, 0) is 37.2 Å². The number of alkyl halides is 3. The molecule has 0 atom stereocenters. The summed E-state index contributed by atoms with van der Waals surface area (Å²) in [7, 11) is -3.96. The number of amides is 1. The third kappa shape index (κ3) is 6.83. The molecule has 0 saturated carbocycles. The third-order valence-corrected chi connectivity index (χ3v) is 5.29. The number of benzene rings is 1. The summed E-state index contributed by atoms with van der Waals surface area (Å²) in [6.45, 7) is -3.23. The van der Waals surface area contributed by atoms with E-state index in [1.165, 1.54) is 11.4 Å². The molecule has 1 aliphatic carbocycles. The van der Waals surface area contributed by atoms with Crippen molar-refractivity contribution in [3.63, 3.8) is 0 Å². The predicted octanol–water partition coefficient (Wildman–Crippen LogP) is 1.07. The summed E-state index contributed by atoms with van der Waals surface area (Å²) in [6, 6.07) is 4.75. The minimum Gasteiger partial charge on any atom is -0.455 e. The second kappa shape index (κ2) is 8.70. The van der Waals surface area contributed by atoms with Crippen molar-refractivity contribution in [1.29, 1.82) is 0 Å². The highest BCUT2D eigenvalue weighted by molar-refractivity contribution is 7.89. The van der Waals surface area contributed by atoms with E-state index in [1.807, 2.05) is 4.72 Å². The highest BCUT2D eigenvalue weighted by atomic mass is 32.2. The van der Waals surface area contributed by atoms with Crippen molar-refractivity contribution in [2.75, 3.05) is 19.7 Å². The summed E-state index contributed by atoms with van der Waals surface area (Å²) in [5.41, 5.74) is 2.05. The van der Waals surface area contributed by atoms with Gasteiger partial charge < -0.3 is 10.1 Å². The third-order valence-electron chi connectivity index (χ3n) is 3.89. The van der Waals surface area contributed by atoms with Gasteiger partial charge in [0.1, 0.15) is 13.1 Å². The summed E-state index contributed by atoms with van der Waals surface area (Å²) in [4.78, 5) is 22.6. The first-order valence-corrected chi connectivity index (χ1v) is 9.66. The molecule has 0 saturated heterocycles. The SMILES string of the molecule is O=C(COC(=O)CNS(=O)(=O)c1ccc2c(c1)CCCC2)NCC(F)(F)F. The van der Waals surface area contributed by atoms with E-state index in [2.05, 4.69) is 4.74 Å². The van der Waals surface area contributed by atoms with Gasteiger partial charge in [0.15, 0.2) is 6.61 Å². The van der Waals surface area contributed by atoms with Crippen LogP contribution in [0.2, 0.25) is 0 Å². The molecule has 0 aromatic heterocycles. The Morgan fingerprint density at radius 1 is 1.11 bits per heavy atom. The molecule has 0 fully saturated rings. The minimum atomic E-state index is -4.58. The zero-order chi connectivity index (χ0) is 20.1. The predicted molar refractivity (Wildman–Crippen MR) is 88.3 cm³/mol. The first kappa shape index (κ1) is 21.2. The number of aryl methyl sites for hydroxylation is 2. The van der Waals surface area contributed by atoms with Crippen LogP contribution in [-0.4, -0.2) is 46.2 Å². The van der Waals surface area contributed by atoms with Crippen LogP contribution in [0.1, 0.15) is 24.0 Å². The Bertz CT molecular complexity index is 809. The standard InChI is InChI=1S/C16H19F3N2O5S/c17-16(18,19)10-20-14(22)9-26-15(23)8-21-27(24,25)13-6-5-11-3-1-2-4-12(11)7-13/h5-7,21H,1-4,8-10H2,(H,20,22). The maximum atomic E-state index is 12.3. The molecule has 0 aliphatic heterocycles. The van der Waals surface area contributed by atoms with Crippen LogP contribution in [0.4, 0.5) is 13.2 Å². The molecule has 11 heteroatoms. The van der Waals surface area contributed by atoms with E-state index in [0.29, 0.717) is 0 Å². The summed E-state index contributed by atoms with van der Waals surface area (Å²) < 4.78 is 66.8. The molecule has 0 unspecified atom stereocenters. The molecule has 27 heavy (non-hydrogen) atoms.